The maximum Gasteiger partial charge on any atom is 0.292 e. The van der Waals surface area contributed by atoms with Crippen LogP contribution in [0.15, 0.2) is 18.2 Å². The molecule has 1 heterocycles. The number of hydrogen-bond donors (Lipinski definition) is 0. The largest absolute Gasteiger partial charge is 0.314 e. The summed E-state index contributed by atoms with van der Waals surface area (Å²) in [4.78, 5) is 36.8. The molecule has 0 radical (unpaired) electrons. The number of nitriles is 1. The van der Waals surface area contributed by atoms with Crippen LogP contribution in [-0.4, -0.2) is 28.9 Å². The first-order chi connectivity index (χ1) is 9.88. The van der Waals surface area contributed by atoms with E-state index in [-0.39, 0.29) is 11.6 Å². The van der Waals surface area contributed by atoms with Gasteiger partial charge in [-0.1, -0.05) is 29.3 Å². The van der Waals surface area contributed by atoms with Crippen LogP contribution in [0.3, 0.4) is 0 Å². The van der Waals surface area contributed by atoms with E-state index in [4.69, 9.17) is 28.5 Å². The van der Waals surface area contributed by atoms with Crippen molar-refractivity contribution in [3.8, 4) is 6.07 Å². The van der Waals surface area contributed by atoms with Crippen molar-refractivity contribution in [1.29, 1.82) is 5.26 Å². The van der Waals surface area contributed by atoms with Crippen LogP contribution in [-0.2, 0) is 14.4 Å². The summed E-state index contributed by atoms with van der Waals surface area (Å²) in [5, 5.41) is 9.47. The molecule has 2 unspecified atom stereocenters. The molecular formula is C14H10Cl2N2O3. The molecule has 1 aliphatic rings. The van der Waals surface area contributed by atoms with Crippen molar-refractivity contribution in [2.24, 2.45) is 5.92 Å². The van der Waals surface area contributed by atoms with Gasteiger partial charge < -0.3 is 4.90 Å². The second-order valence-corrected chi connectivity index (χ2v) is 5.50. The molecule has 7 heteroatoms. The number of halogens is 2. The third-order valence-corrected chi connectivity index (χ3v) is 3.93. The van der Waals surface area contributed by atoms with Gasteiger partial charge in [0.15, 0.2) is 0 Å². The number of carbonyl (C=O) groups excluding carboxylic acids is 3. The maximum absolute atomic E-state index is 12.0. The average molecular weight is 325 g/mol. The summed E-state index contributed by atoms with van der Waals surface area (Å²) in [6.45, 7) is 0.945. The van der Waals surface area contributed by atoms with Gasteiger partial charge in [0.2, 0.25) is 5.78 Å². The number of benzene rings is 1. The summed E-state index contributed by atoms with van der Waals surface area (Å²) in [5.74, 6) is -3.24. The fourth-order valence-corrected chi connectivity index (χ4v) is 2.99. The average Bonchev–Trinajstić information content (AvgIpc) is 2.64. The predicted octanol–water partition coefficient (Wildman–Crippen LogP) is 2.17. The summed E-state index contributed by atoms with van der Waals surface area (Å²) in [7, 11) is 0. The molecule has 0 N–H and O–H groups in total. The summed E-state index contributed by atoms with van der Waals surface area (Å²) >= 11 is 11.9. The highest BCUT2D eigenvalue weighted by Gasteiger charge is 2.50. The fourth-order valence-electron chi connectivity index (χ4n) is 2.47. The minimum absolute atomic E-state index is 0.240. The van der Waals surface area contributed by atoms with Gasteiger partial charge in [-0.15, -0.1) is 0 Å². The zero-order valence-electron chi connectivity index (χ0n) is 11.0. The van der Waals surface area contributed by atoms with Crippen LogP contribution in [0.25, 0.3) is 0 Å². The van der Waals surface area contributed by atoms with E-state index in [1.807, 2.05) is 6.07 Å². The molecule has 1 aromatic rings. The highest BCUT2D eigenvalue weighted by molar-refractivity contribution is 6.43. The van der Waals surface area contributed by atoms with Gasteiger partial charge in [-0.25, -0.2) is 0 Å². The Bertz CT molecular complexity index is 681. The number of nitrogens with zero attached hydrogens (tertiary/aromatic N) is 2. The van der Waals surface area contributed by atoms with Crippen molar-refractivity contribution in [3.05, 3.63) is 33.8 Å². The highest BCUT2D eigenvalue weighted by atomic mass is 35.5. The molecule has 1 fully saturated rings. The van der Waals surface area contributed by atoms with Crippen LogP contribution in [0.5, 0.6) is 0 Å². The van der Waals surface area contributed by atoms with E-state index in [9.17, 15) is 14.4 Å². The lowest BCUT2D eigenvalue weighted by Gasteiger charge is -2.25. The molecule has 2 rings (SSSR count). The van der Waals surface area contributed by atoms with Crippen LogP contribution >= 0.6 is 23.2 Å². The second-order valence-electron chi connectivity index (χ2n) is 4.65. The lowest BCUT2D eigenvalue weighted by molar-refractivity contribution is -0.141. The van der Waals surface area contributed by atoms with Gasteiger partial charge in [0.25, 0.3) is 5.91 Å². The SMILES string of the molecule is CC(=O)C1C(=O)C(=O)N(CC#N)C1c1ccc(Cl)cc1Cl. The normalized spacial score (nSPS) is 21.5. The van der Waals surface area contributed by atoms with E-state index in [2.05, 4.69) is 0 Å². The Labute approximate surface area is 131 Å². The van der Waals surface area contributed by atoms with E-state index < -0.39 is 29.4 Å². The molecule has 108 valence electrons. The number of ketones is 2. The van der Waals surface area contributed by atoms with E-state index >= 15 is 0 Å². The van der Waals surface area contributed by atoms with Gasteiger partial charge in [0.1, 0.15) is 18.2 Å². The van der Waals surface area contributed by atoms with Gasteiger partial charge in [0, 0.05) is 10.0 Å². The van der Waals surface area contributed by atoms with Gasteiger partial charge >= 0.3 is 0 Å². The molecule has 1 amide bonds. The monoisotopic (exact) mass is 324 g/mol. The van der Waals surface area contributed by atoms with Crippen molar-refractivity contribution in [1.82, 2.24) is 4.90 Å². The van der Waals surface area contributed by atoms with E-state index in [1.54, 1.807) is 12.1 Å². The maximum atomic E-state index is 12.0. The van der Waals surface area contributed by atoms with E-state index in [0.717, 1.165) is 4.90 Å². The zero-order valence-corrected chi connectivity index (χ0v) is 12.5. The molecule has 2 atom stereocenters. The number of hydrogen-bond acceptors (Lipinski definition) is 4. The van der Waals surface area contributed by atoms with E-state index in [1.165, 1.54) is 13.0 Å². The Morgan fingerprint density at radius 2 is 2.05 bits per heavy atom. The Hall–Kier alpha value is -1.90. The van der Waals surface area contributed by atoms with Crippen LogP contribution in [0.4, 0.5) is 0 Å². The molecule has 0 bridgehead atoms. The third-order valence-electron chi connectivity index (χ3n) is 3.37. The third kappa shape index (κ3) is 2.65. The minimum Gasteiger partial charge on any atom is -0.314 e. The Morgan fingerprint density at radius 1 is 1.38 bits per heavy atom. The minimum atomic E-state index is -1.15. The number of amides is 1. The summed E-state index contributed by atoms with van der Waals surface area (Å²) in [6.07, 6.45) is 0. The molecule has 5 nitrogen and oxygen atoms in total. The number of carbonyl (C=O) groups is 3. The quantitative estimate of drug-likeness (QED) is 0.485. The van der Waals surface area contributed by atoms with Crippen molar-refractivity contribution in [3.63, 3.8) is 0 Å². The van der Waals surface area contributed by atoms with Gasteiger partial charge in [-0.3, -0.25) is 14.4 Å². The topological polar surface area (TPSA) is 78.2 Å². The van der Waals surface area contributed by atoms with Crippen LogP contribution in [0, 0.1) is 17.2 Å². The van der Waals surface area contributed by atoms with E-state index in [0.29, 0.717) is 10.6 Å². The van der Waals surface area contributed by atoms with Crippen LogP contribution in [0.1, 0.15) is 18.5 Å². The first-order valence-corrected chi connectivity index (χ1v) is 6.81. The molecule has 1 aromatic carbocycles. The van der Waals surface area contributed by atoms with Crippen molar-refractivity contribution in [2.45, 2.75) is 13.0 Å². The molecule has 0 aliphatic carbocycles. The van der Waals surface area contributed by atoms with Gasteiger partial charge in [-0.05, 0) is 24.6 Å². The van der Waals surface area contributed by atoms with Crippen molar-refractivity contribution in [2.75, 3.05) is 6.54 Å². The predicted molar refractivity (Wildman–Crippen MR) is 75.7 cm³/mol. The Kier molecular flexibility index (Phi) is 4.31. The molecule has 1 saturated heterocycles. The molecule has 0 spiro atoms. The first-order valence-electron chi connectivity index (χ1n) is 6.05. The lowest BCUT2D eigenvalue weighted by atomic mass is 9.90. The fraction of sp³-hybridized carbons (Fsp3) is 0.286. The highest BCUT2D eigenvalue weighted by Crippen LogP contribution is 2.40. The van der Waals surface area contributed by atoms with Crippen molar-refractivity contribution >= 4 is 40.7 Å². The number of Topliss-reactive ketones (excluding diaryl/α,β-unsaturated/α-hetero) is 2. The van der Waals surface area contributed by atoms with Crippen LogP contribution in [0.2, 0.25) is 10.0 Å². The van der Waals surface area contributed by atoms with Crippen molar-refractivity contribution < 1.29 is 14.4 Å². The van der Waals surface area contributed by atoms with Gasteiger partial charge in [0.05, 0.1) is 12.1 Å². The smallest absolute Gasteiger partial charge is 0.292 e. The lowest BCUT2D eigenvalue weighted by Crippen LogP contribution is -2.30. The second kappa shape index (κ2) is 5.84. The van der Waals surface area contributed by atoms with Crippen LogP contribution < -0.4 is 0 Å². The number of likely N-dealkylation sites (tertiary alicyclic amines) is 1. The summed E-state index contributed by atoms with van der Waals surface area (Å²) in [6, 6.07) is 5.53. The molecule has 1 aliphatic heterocycles. The summed E-state index contributed by atoms with van der Waals surface area (Å²) in [5.41, 5.74) is 0.427. The van der Waals surface area contributed by atoms with Gasteiger partial charge in [-0.2, -0.15) is 5.26 Å². The Morgan fingerprint density at radius 3 is 2.57 bits per heavy atom. The summed E-state index contributed by atoms with van der Waals surface area (Å²) < 4.78 is 0. The first kappa shape index (κ1) is 15.5. The molecular weight excluding hydrogens is 315 g/mol. The molecule has 0 saturated carbocycles. The standard InChI is InChI=1S/C14H10Cl2N2O3/c1-7(19)11-12(9-3-2-8(15)6-10(9)16)18(5-4-17)14(21)13(11)20/h2-3,6,11-12H,5H2,1H3. The Balaban J connectivity index is 2.58. The zero-order chi connectivity index (χ0) is 15.7. The number of rotatable bonds is 3. The molecule has 21 heavy (non-hydrogen) atoms. The molecule has 0 aromatic heterocycles.